The summed E-state index contributed by atoms with van der Waals surface area (Å²) in [6.07, 6.45) is 0.865. The third-order valence-corrected chi connectivity index (χ3v) is 1.19. The van der Waals surface area contributed by atoms with Crippen molar-refractivity contribution in [3.8, 4) is 0 Å². The fourth-order valence-electron chi connectivity index (χ4n) is 0.291. The predicted molar refractivity (Wildman–Crippen MR) is 42.8 cm³/mol. The molecule has 1 atom stereocenters. The van der Waals surface area contributed by atoms with Crippen LogP contribution in [0.4, 0.5) is 0 Å². The van der Waals surface area contributed by atoms with Gasteiger partial charge in [0.15, 0.2) is 0 Å². The minimum atomic E-state index is -1.13. The molecule has 0 bridgehead atoms. The lowest BCUT2D eigenvalue weighted by Crippen LogP contribution is -2.12. The van der Waals surface area contributed by atoms with Gasteiger partial charge in [-0.05, 0) is 13.8 Å². The van der Waals surface area contributed by atoms with Crippen LogP contribution < -0.4 is 0 Å². The first-order chi connectivity index (χ1) is 5.45. The number of carbonyl (C=O) groups is 2. The summed E-state index contributed by atoms with van der Waals surface area (Å²) in [5, 5.41) is 7.57. The summed E-state index contributed by atoms with van der Waals surface area (Å²) < 4.78 is 4.41. The second kappa shape index (κ2) is 4.77. The molecule has 68 valence electrons. The van der Waals surface area contributed by atoms with Crippen molar-refractivity contribution < 1.29 is 19.4 Å². The molecule has 0 aromatic carbocycles. The van der Waals surface area contributed by atoms with E-state index in [0.29, 0.717) is 0 Å². The van der Waals surface area contributed by atoms with E-state index in [9.17, 15) is 9.59 Å². The molecule has 12 heavy (non-hydrogen) atoms. The van der Waals surface area contributed by atoms with Crippen molar-refractivity contribution >= 4 is 23.5 Å². The third kappa shape index (κ3) is 3.98. The summed E-state index contributed by atoms with van der Waals surface area (Å²) in [4.78, 5) is 20.9. The Bertz CT molecular complexity index is 219. The van der Waals surface area contributed by atoms with Gasteiger partial charge in [-0.15, -0.1) is 11.6 Å². The molecular weight excluding hydrogens is 184 g/mol. The second-order valence-corrected chi connectivity index (χ2v) is 2.81. The molecule has 0 aliphatic rings. The highest BCUT2D eigenvalue weighted by Crippen LogP contribution is 1.99. The number of rotatable bonds is 3. The number of hydrogen-bond acceptors (Lipinski definition) is 3. The highest BCUT2D eigenvalue weighted by Gasteiger charge is 2.09. The zero-order chi connectivity index (χ0) is 9.72. The number of carbonyl (C=O) groups excluding carboxylic acids is 1. The quantitative estimate of drug-likeness (QED) is 0.315. The lowest BCUT2D eigenvalue weighted by atomic mass is 10.3. The number of carboxylic acids is 1. The Morgan fingerprint density at radius 3 is 2.42 bits per heavy atom. The molecule has 0 aromatic heterocycles. The lowest BCUT2D eigenvalue weighted by Gasteiger charge is -1.99. The molecule has 0 fully saturated rings. The molecule has 0 aliphatic carbocycles. The van der Waals surface area contributed by atoms with Crippen molar-refractivity contribution in [1.82, 2.24) is 0 Å². The SMILES string of the molecule is CC(=COC(=O)C(C)Cl)C(=O)O. The van der Waals surface area contributed by atoms with Gasteiger partial charge in [-0.25, -0.2) is 4.79 Å². The molecule has 0 aliphatic heterocycles. The topological polar surface area (TPSA) is 63.6 Å². The summed E-state index contributed by atoms with van der Waals surface area (Å²) in [6.45, 7) is 2.75. The molecule has 0 spiro atoms. The van der Waals surface area contributed by atoms with E-state index in [0.717, 1.165) is 6.26 Å². The van der Waals surface area contributed by atoms with Gasteiger partial charge in [0.2, 0.25) is 0 Å². The Hall–Kier alpha value is -1.03. The first-order valence-corrected chi connectivity index (χ1v) is 3.63. The van der Waals surface area contributed by atoms with Crippen molar-refractivity contribution in [2.75, 3.05) is 0 Å². The van der Waals surface area contributed by atoms with Crippen LogP contribution >= 0.6 is 11.6 Å². The molecule has 0 aromatic rings. The molecule has 4 nitrogen and oxygen atoms in total. The van der Waals surface area contributed by atoms with E-state index >= 15 is 0 Å². The van der Waals surface area contributed by atoms with Gasteiger partial charge in [-0.1, -0.05) is 0 Å². The van der Waals surface area contributed by atoms with E-state index in [1.54, 1.807) is 0 Å². The molecule has 0 amide bonds. The first-order valence-electron chi connectivity index (χ1n) is 3.19. The summed E-state index contributed by atoms with van der Waals surface area (Å²) in [5.41, 5.74) is -0.0549. The standard InChI is InChI=1S/C7H9ClO4/c1-4(6(9)10)3-12-7(11)5(2)8/h3,5H,1-2H3,(H,9,10). The van der Waals surface area contributed by atoms with E-state index in [1.807, 2.05) is 0 Å². The van der Waals surface area contributed by atoms with E-state index < -0.39 is 17.3 Å². The minimum absolute atomic E-state index is 0.0549. The van der Waals surface area contributed by atoms with Crippen LogP contribution in [0.1, 0.15) is 13.8 Å². The molecule has 0 saturated carbocycles. The van der Waals surface area contributed by atoms with Gasteiger partial charge >= 0.3 is 11.9 Å². The van der Waals surface area contributed by atoms with Crippen LogP contribution in [0.25, 0.3) is 0 Å². The summed E-state index contributed by atoms with van der Waals surface area (Å²) >= 11 is 5.34. The van der Waals surface area contributed by atoms with Gasteiger partial charge in [0.1, 0.15) is 11.6 Å². The smallest absolute Gasteiger partial charge is 0.334 e. The van der Waals surface area contributed by atoms with Crippen molar-refractivity contribution in [1.29, 1.82) is 0 Å². The van der Waals surface area contributed by atoms with Crippen molar-refractivity contribution in [2.45, 2.75) is 19.2 Å². The van der Waals surface area contributed by atoms with Crippen LogP contribution in [0.2, 0.25) is 0 Å². The van der Waals surface area contributed by atoms with Gasteiger partial charge in [0.25, 0.3) is 0 Å². The Morgan fingerprint density at radius 2 is 2.08 bits per heavy atom. The monoisotopic (exact) mass is 192 g/mol. The van der Waals surface area contributed by atoms with Crippen LogP contribution in [-0.2, 0) is 14.3 Å². The Morgan fingerprint density at radius 1 is 1.58 bits per heavy atom. The van der Waals surface area contributed by atoms with Crippen molar-refractivity contribution in [3.63, 3.8) is 0 Å². The van der Waals surface area contributed by atoms with E-state index in [1.165, 1.54) is 13.8 Å². The number of hydrogen-bond donors (Lipinski definition) is 1. The highest BCUT2D eigenvalue weighted by molar-refractivity contribution is 6.29. The lowest BCUT2D eigenvalue weighted by molar-refractivity contribution is -0.137. The third-order valence-electron chi connectivity index (χ3n) is 1.01. The average molecular weight is 193 g/mol. The number of esters is 1. The summed E-state index contributed by atoms with van der Waals surface area (Å²) in [6, 6.07) is 0. The number of aliphatic carboxylic acids is 1. The molecule has 5 heteroatoms. The largest absolute Gasteiger partial charge is 0.478 e. The number of carboxylic acid groups (broad SMARTS) is 1. The minimum Gasteiger partial charge on any atom is -0.478 e. The van der Waals surface area contributed by atoms with Gasteiger partial charge in [0, 0.05) is 0 Å². The number of halogens is 1. The van der Waals surface area contributed by atoms with Crippen molar-refractivity contribution in [3.05, 3.63) is 11.8 Å². The molecular formula is C7H9ClO4. The Labute approximate surface area is 74.8 Å². The normalized spacial score (nSPS) is 13.8. The second-order valence-electron chi connectivity index (χ2n) is 2.16. The highest BCUT2D eigenvalue weighted by atomic mass is 35.5. The van der Waals surface area contributed by atoms with Crippen LogP contribution in [0.15, 0.2) is 11.8 Å². The van der Waals surface area contributed by atoms with E-state index in [2.05, 4.69) is 4.74 Å². The van der Waals surface area contributed by atoms with E-state index in [4.69, 9.17) is 16.7 Å². The van der Waals surface area contributed by atoms with Gasteiger partial charge < -0.3 is 9.84 Å². The van der Waals surface area contributed by atoms with Crippen LogP contribution in [-0.4, -0.2) is 22.4 Å². The number of ether oxygens (including phenoxy) is 1. The molecule has 1 N–H and O–H groups in total. The van der Waals surface area contributed by atoms with Crippen molar-refractivity contribution in [2.24, 2.45) is 0 Å². The van der Waals surface area contributed by atoms with Gasteiger partial charge in [-0.2, -0.15) is 0 Å². The van der Waals surface area contributed by atoms with E-state index in [-0.39, 0.29) is 5.57 Å². The maximum Gasteiger partial charge on any atom is 0.334 e. The zero-order valence-corrected chi connectivity index (χ0v) is 7.46. The average Bonchev–Trinajstić information content (AvgIpc) is 1.98. The number of alkyl halides is 1. The maximum absolute atomic E-state index is 10.7. The molecule has 0 radical (unpaired) electrons. The van der Waals surface area contributed by atoms with Crippen LogP contribution in [0.5, 0.6) is 0 Å². The maximum atomic E-state index is 10.7. The molecule has 1 unspecified atom stereocenters. The summed E-state index contributed by atoms with van der Waals surface area (Å²) in [7, 11) is 0. The fraction of sp³-hybridized carbons (Fsp3) is 0.429. The molecule has 0 saturated heterocycles. The van der Waals surface area contributed by atoms with Gasteiger partial charge in [0.05, 0.1) is 5.57 Å². The molecule has 0 heterocycles. The Balaban J connectivity index is 4.05. The fourth-order valence-corrected chi connectivity index (χ4v) is 0.342. The van der Waals surface area contributed by atoms with Gasteiger partial charge in [-0.3, -0.25) is 4.79 Å². The van der Waals surface area contributed by atoms with Crippen LogP contribution in [0, 0.1) is 0 Å². The first kappa shape index (κ1) is 11.0. The zero-order valence-electron chi connectivity index (χ0n) is 6.70. The summed E-state index contributed by atoms with van der Waals surface area (Å²) in [5.74, 6) is -1.80. The predicted octanol–water partition coefficient (Wildman–Crippen LogP) is 1.15. The Kier molecular flexibility index (Phi) is 4.36. The molecule has 0 rings (SSSR count). The van der Waals surface area contributed by atoms with Crippen LogP contribution in [0.3, 0.4) is 0 Å².